The zero-order valence-electron chi connectivity index (χ0n) is 9.36. The average molecular weight is 266 g/mol. The van der Waals surface area contributed by atoms with Gasteiger partial charge in [0.15, 0.2) is 5.82 Å². The lowest BCUT2D eigenvalue weighted by atomic mass is 10.2. The van der Waals surface area contributed by atoms with Gasteiger partial charge in [-0.05, 0) is 6.07 Å². The van der Waals surface area contributed by atoms with Crippen LogP contribution in [0.2, 0.25) is 0 Å². The van der Waals surface area contributed by atoms with Crippen molar-refractivity contribution in [2.75, 3.05) is 0 Å². The van der Waals surface area contributed by atoms with E-state index in [0.29, 0.717) is 0 Å². The molecule has 19 heavy (non-hydrogen) atoms. The maximum atomic E-state index is 13.7. The Morgan fingerprint density at radius 2 is 2.26 bits per heavy atom. The highest BCUT2D eigenvalue weighted by Crippen LogP contribution is 2.19. The molecule has 0 unspecified atom stereocenters. The summed E-state index contributed by atoms with van der Waals surface area (Å²) in [6, 6.07) is 3.05. The molecule has 1 N–H and O–H groups in total. The number of carbonyl (C=O) groups is 1. The quantitative estimate of drug-likeness (QED) is 0.651. The van der Waals surface area contributed by atoms with Crippen LogP contribution >= 0.6 is 0 Å². The van der Waals surface area contributed by atoms with Crippen LogP contribution in [0.15, 0.2) is 24.4 Å². The molecule has 0 amide bonds. The zero-order valence-corrected chi connectivity index (χ0v) is 9.36. The van der Waals surface area contributed by atoms with Gasteiger partial charge in [-0.1, -0.05) is 5.21 Å². The van der Waals surface area contributed by atoms with Crippen LogP contribution in [-0.2, 0) is 11.2 Å². The Kier molecular flexibility index (Phi) is 3.19. The molecule has 9 heteroatoms. The van der Waals surface area contributed by atoms with Gasteiger partial charge < -0.3 is 5.11 Å². The molecule has 0 atom stereocenters. The van der Waals surface area contributed by atoms with Crippen molar-refractivity contribution in [1.29, 1.82) is 0 Å². The minimum Gasteiger partial charge on any atom is -0.481 e. The molecule has 0 saturated carbocycles. The fourth-order valence-corrected chi connectivity index (χ4v) is 1.45. The number of hydrogen-bond donors (Lipinski definition) is 1. The van der Waals surface area contributed by atoms with E-state index in [2.05, 4.69) is 10.3 Å². The van der Waals surface area contributed by atoms with Gasteiger partial charge in [-0.3, -0.25) is 14.9 Å². The molecule has 0 aliphatic carbocycles. The molecule has 0 fully saturated rings. The third-order valence-corrected chi connectivity index (χ3v) is 2.26. The van der Waals surface area contributed by atoms with Crippen molar-refractivity contribution in [2.24, 2.45) is 0 Å². The van der Waals surface area contributed by atoms with Crippen molar-refractivity contribution in [1.82, 2.24) is 15.0 Å². The van der Waals surface area contributed by atoms with E-state index in [1.807, 2.05) is 0 Å². The second kappa shape index (κ2) is 4.80. The van der Waals surface area contributed by atoms with Crippen LogP contribution in [0.25, 0.3) is 5.69 Å². The summed E-state index contributed by atoms with van der Waals surface area (Å²) in [6.45, 7) is 0. The number of rotatable bonds is 4. The Balaban J connectivity index is 2.34. The van der Waals surface area contributed by atoms with Gasteiger partial charge in [0, 0.05) is 6.07 Å². The highest BCUT2D eigenvalue weighted by Gasteiger charge is 2.14. The van der Waals surface area contributed by atoms with Gasteiger partial charge in [0.1, 0.15) is 5.69 Å². The predicted octanol–water partition coefficient (Wildman–Crippen LogP) is 0.942. The fraction of sp³-hybridized carbons (Fsp3) is 0.100. The molecule has 0 aliphatic rings. The number of halogens is 1. The summed E-state index contributed by atoms with van der Waals surface area (Å²) >= 11 is 0. The number of aliphatic carboxylic acids is 1. The highest BCUT2D eigenvalue weighted by molar-refractivity contribution is 5.69. The Hall–Kier alpha value is -2.84. The molecule has 2 rings (SSSR count). The monoisotopic (exact) mass is 266 g/mol. The summed E-state index contributed by atoms with van der Waals surface area (Å²) in [5.41, 5.74) is -0.271. The third kappa shape index (κ3) is 2.70. The maximum Gasteiger partial charge on any atom is 0.309 e. The molecule has 1 heterocycles. The maximum absolute atomic E-state index is 13.7. The van der Waals surface area contributed by atoms with Gasteiger partial charge >= 0.3 is 5.97 Å². The number of benzene rings is 1. The number of nitro benzene ring substituents is 1. The first kappa shape index (κ1) is 12.6. The Bertz CT molecular complexity index is 655. The highest BCUT2D eigenvalue weighted by atomic mass is 19.1. The molecule has 0 bridgehead atoms. The fourth-order valence-electron chi connectivity index (χ4n) is 1.45. The number of carboxylic acids is 1. The van der Waals surface area contributed by atoms with E-state index in [0.717, 1.165) is 16.8 Å². The Morgan fingerprint density at radius 3 is 2.84 bits per heavy atom. The van der Waals surface area contributed by atoms with Crippen LogP contribution in [-0.4, -0.2) is 31.0 Å². The predicted molar refractivity (Wildman–Crippen MR) is 59.3 cm³/mol. The molecule has 98 valence electrons. The number of carboxylic acid groups (broad SMARTS) is 1. The smallest absolute Gasteiger partial charge is 0.309 e. The first-order chi connectivity index (χ1) is 8.97. The number of nitrogens with zero attached hydrogens (tertiary/aromatic N) is 4. The first-order valence-corrected chi connectivity index (χ1v) is 5.04. The molecule has 2 aromatic rings. The molecule has 0 aliphatic heterocycles. The van der Waals surface area contributed by atoms with Gasteiger partial charge in [-0.25, -0.2) is 9.07 Å². The molecule has 0 spiro atoms. The van der Waals surface area contributed by atoms with E-state index in [9.17, 15) is 19.3 Å². The van der Waals surface area contributed by atoms with Crippen LogP contribution in [0.1, 0.15) is 5.69 Å². The van der Waals surface area contributed by atoms with E-state index >= 15 is 0 Å². The van der Waals surface area contributed by atoms with Crippen molar-refractivity contribution in [3.63, 3.8) is 0 Å². The SMILES string of the molecule is O=C(O)Cc1cn(-c2ccc([N+](=O)[O-])cc2F)nn1. The number of aromatic nitrogens is 3. The van der Waals surface area contributed by atoms with Crippen molar-refractivity contribution in [3.8, 4) is 5.69 Å². The van der Waals surface area contributed by atoms with Gasteiger partial charge in [-0.15, -0.1) is 5.10 Å². The van der Waals surface area contributed by atoms with E-state index < -0.39 is 16.7 Å². The molecule has 1 aromatic heterocycles. The van der Waals surface area contributed by atoms with Crippen LogP contribution in [0, 0.1) is 15.9 Å². The second-order valence-corrected chi connectivity index (χ2v) is 3.62. The summed E-state index contributed by atoms with van der Waals surface area (Å²) < 4.78 is 14.7. The van der Waals surface area contributed by atoms with Gasteiger partial charge in [0.2, 0.25) is 0 Å². The lowest BCUT2D eigenvalue weighted by Crippen LogP contribution is -2.00. The third-order valence-electron chi connectivity index (χ3n) is 2.26. The minimum atomic E-state index is -1.09. The summed E-state index contributed by atoms with van der Waals surface area (Å²) in [7, 11) is 0. The minimum absolute atomic E-state index is 0.0465. The summed E-state index contributed by atoms with van der Waals surface area (Å²) in [5, 5.41) is 26.2. The molecule has 0 saturated heterocycles. The number of nitro groups is 1. The van der Waals surface area contributed by atoms with E-state index in [1.54, 1.807) is 0 Å². The van der Waals surface area contributed by atoms with Crippen molar-refractivity contribution in [3.05, 3.63) is 46.0 Å². The number of hydrogen-bond acceptors (Lipinski definition) is 5. The number of non-ortho nitro benzene ring substituents is 1. The summed E-state index contributed by atoms with van der Waals surface area (Å²) in [4.78, 5) is 20.2. The topological polar surface area (TPSA) is 111 Å². The van der Waals surface area contributed by atoms with Gasteiger partial charge in [-0.2, -0.15) is 0 Å². The molecular formula is C10H7FN4O4. The first-order valence-electron chi connectivity index (χ1n) is 5.04. The summed E-state index contributed by atoms with van der Waals surface area (Å²) in [5.74, 6) is -1.93. The standard InChI is InChI=1S/C10H7FN4O4/c11-8-4-7(15(18)19)1-2-9(8)14-5-6(12-13-14)3-10(16)17/h1-2,4-5H,3H2,(H,16,17). The zero-order chi connectivity index (χ0) is 14.0. The lowest BCUT2D eigenvalue weighted by molar-refractivity contribution is -0.385. The van der Waals surface area contributed by atoms with Crippen LogP contribution < -0.4 is 0 Å². The largest absolute Gasteiger partial charge is 0.481 e. The van der Waals surface area contributed by atoms with Crippen molar-refractivity contribution in [2.45, 2.75) is 6.42 Å². The van der Waals surface area contributed by atoms with Crippen LogP contribution in [0.3, 0.4) is 0 Å². The van der Waals surface area contributed by atoms with E-state index in [-0.39, 0.29) is 23.5 Å². The van der Waals surface area contributed by atoms with E-state index in [4.69, 9.17) is 5.11 Å². The Labute approximate surface area is 105 Å². The van der Waals surface area contributed by atoms with Crippen molar-refractivity contribution < 1.29 is 19.2 Å². The molecule has 0 radical (unpaired) electrons. The Morgan fingerprint density at radius 1 is 1.53 bits per heavy atom. The lowest BCUT2D eigenvalue weighted by Gasteiger charge is -2.01. The van der Waals surface area contributed by atoms with Crippen LogP contribution in [0.4, 0.5) is 10.1 Å². The van der Waals surface area contributed by atoms with Gasteiger partial charge in [0.25, 0.3) is 5.69 Å². The second-order valence-electron chi connectivity index (χ2n) is 3.62. The van der Waals surface area contributed by atoms with Gasteiger partial charge in [0.05, 0.1) is 29.3 Å². The molecule has 1 aromatic carbocycles. The summed E-state index contributed by atoms with van der Waals surface area (Å²) in [6.07, 6.45) is 0.910. The normalized spacial score (nSPS) is 10.4. The average Bonchev–Trinajstić information content (AvgIpc) is 2.76. The van der Waals surface area contributed by atoms with Crippen LogP contribution in [0.5, 0.6) is 0 Å². The van der Waals surface area contributed by atoms with E-state index in [1.165, 1.54) is 12.3 Å². The molecule has 8 nitrogen and oxygen atoms in total. The molecular weight excluding hydrogens is 259 g/mol. The van der Waals surface area contributed by atoms with Crippen molar-refractivity contribution >= 4 is 11.7 Å².